The van der Waals surface area contributed by atoms with Crippen LogP contribution in [0.3, 0.4) is 0 Å². The van der Waals surface area contributed by atoms with Crippen LogP contribution in [-0.4, -0.2) is 18.3 Å². The van der Waals surface area contributed by atoms with Gasteiger partial charge >= 0.3 is 0 Å². The second-order valence-corrected chi connectivity index (χ2v) is 7.14. The number of aryl methyl sites for hydroxylation is 1. The lowest BCUT2D eigenvalue weighted by molar-refractivity contribution is 0.282. The minimum atomic E-state index is 0.342. The summed E-state index contributed by atoms with van der Waals surface area (Å²) in [5, 5.41) is 8.73. The van der Waals surface area contributed by atoms with Crippen LogP contribution in [0.25, 0.3) is 11.1 Å². The Labute approximate surface area is 159 Å². The summed E-state index contributed by atoms with van der Waals surface area (Å²) in [4.78, 5) is 0. The molecular formula is C24H34O2. The van der Waals surface area contributed by atoms with Crippen molar-refractivity contribution in [3.05, 3.63) is 54.1 Å². The highest BCUT2D eigenvalue weighted by molar-refractivity contribution is 5.64. The van der Waals surface area contributed by atoms with Gasteiger partial charge in [0.25, 0.3) is 0 Å². The lowest BCUT2D eigenvalue weighted by atomic mass is 10.0. The van der Waals surface area contributed by atoms with Crippen molar-refractivity contribution in [1.29, 1.82) is 0 Å². The van der Waals surface area contributed by atoms with E-state index in [1.807, 2.05) is 0 Å². The molecule has 0 aliphatic carbocycles. The topological polar surface area (TPSA) is 29.5 Å². The Morgan fingerprint density at radius 3 is 1.62 bits per heavy atom. The highest BCUT2D eigenvalue weighted by Crippen LogP contribution is 2.23. The molecule has 1 N–H and O–H groups in total. The average Bonchev–Trinajstić information content (AvgIpc) is 2.67. The van der Waals surface area contributed by atoms with Gasteiger partial charge in [0.05, 0.1) is 6.61 Å². The van der Waals surface area contributed by atoms with E-state index >= 15 is 0 Å². The molecule has 0 spiro atoms. The van der Waals surface area contributed by atoms with Gasteiger partial charge < -0.3 is 9.84 Å². The van der Waals surface area contributed by atoms with Gasteiger partial charge in [-0.1, -0.05) is 86.9 Å². The maximum absolute atomic E-state index is 8.73. The second-order valence-electron chi connectivity index (χ2n) is 7.14. The molecule has 2 heteroatoms. The van der Waals surface area contributed by atoms with Crippen molar-refractivity contribution in [2.45, 2.75) is 64.7 Å². The van der Waals surface area contributed by atoms with Crippen LogP contribution in [0.5, 0.6) is 5.75 Å². The zero-order valence-electron chi connectivity index (χ0n) is 16.3. The van der Waals surface area contributed by atoms with Crippen molar-refractivity contribution in [2.24, 2.45) is 0 Å². The van der Waals surface area contributed by atoms with E-state index in [2.05, 4.69) is 55.5 Å². The predicted octanol–water partition coefficient (Wildman–Crippen LogP) is 6.54. The quantitative estimate of drug-likeness (QED) is 0.414. The fourth-order valence-electron chi connectivity index (χ4n) is 3.13. The van der Waals surface area contributed by atoms with E-state index in [-0.39, 0.29) is 0 Å². The lowest BCUT2D eigenvalue weighted by Gasteiger charge is -2.08. The van der Waals surface area contributed by atoms with Crippen LogP contribution in [-0.2, 0) is 0 Å². The Bertz CT molecular complexity index is 587. The summed E-state index contributed by atoms with van der Waals surface area (Å²) in [6, 6.07) is 17.0. The van der Waals surface area contributed by atoms with Gasteiger partial charge in [-0.25, -0.2) is 0 Å². The summed E-state index contributed by atoms with van der Waals surface area (Å²) >= 11 is 0. The minimum Gasteiger partial charge on any atom is -0.494 e. The van der Waals surface area contributed by atoms with E-state index in [0.717, 1.165) is 25.2 Å². The number of ether oxygens (including phenoxy) is 1. The second kappa shape index (κ2) is 12.5. The van der Waals surface area contributed by atoms with Crippen LogP contribution < -0.4 is 4.74 Å². The number of benzene rings is 2. The van der Waals surface area contributed by atoms with Gasteiger partial charge in [0, 0.05) is 6.61 Å². The smallest absolute Gasteiger partial charge is 0.119 e. The van der Waals surface area contributed by atoms with E-state index in [9.17, 15) is 0 Å². The Morgan fingerprint density at radius 2 is 1.08 bits per heavy atom. The van der Waals surface area contributed by atoms with E-state index in [4.69, 9.17) is 9.84 Å². The molecule has 2 rings (SSSR count). The van der Waals surface area contributed by atoms with Gasteiger partial charge in [-0.15, -0.1) is 0 Å². The van der Waals surface area contributed by atoms with Crippen molar-refractivity contribution in [3.8, 4) is 16.9 Å². The molecule has 0 fully saturated rings. The van der Waals surface area contributed by atoms with Crippen molar-refractivity contribution in [3.63, 3.8) is 0 Å². The number of hydrogen-bond donors (Lipinski definition) is 1. The maximum atomic E-state index is 8.73. The molecule has 2 nitrogen and oxygen atoms in total. The normalized spacial score (nSPS) is 10.8. The fraction of sp³-hybridized carbons (Fsp3) is 0.500. The van der Waals surface area contributed by atoms with Crippen molar-refractivity contribution in [1.82, 2.24) is 0 Å². The first-order valence-electron chi connectivity index (χ1n) is 10.2. The zero-order valence-corrected chi connectivity index (χ0v) is 16.3. The number of aliphatic hydroxyl groups excluding tert-OH is 1. The van der Waals surface area contributed by atoms with Gasteiger partial charge in [0.15, 0.2) is 0 Å². The van der Waals surface area contributed by atoms with Crippen molar-refractivity contribution < 1.29 is 9.84 Å². The Hall–Kier alpha value is -1.80. The molecule has 0 saturated carbocycles. The molecule has 26 heavy (non-hydrogen) atoms. The number of rotatable bonds is 13. The number of hydrogen-bond acceptors (Lipinski definition) is 2. The Morgan fingerprint density at radius 1 is 0.615 bits per heavy atom. The predicted molar refractivity (Wildman–Crippen MR) is 111 cm³/mol. The zero-order chi connectivity index (χ0) is 18.5. The molecular weight excluding hydrogens is 320 g/mol. The molecule has 0 bridgehead atoms. The Balaban J connectivity index is 1.54. The highest BCUT2D eigenvalue weighted by Gasteiger charge is 1.99. The molecule has 142 valence electrons. The SMILES string of the molecule is Cc1ccc(-c2ccc(OCCCCCCCCCCCO)cc2)cc1. The molecule has 0 amide bonds. The molecule has 0 radical (unpaired) electrons. The molecule has 2 aromatic carbocycles. The largest absolute Gasteiger partial charge is 0.494 e. The third-order valence-corrected chi connectivity index (χ3v) is 4.81. The third kappa shape index (κ3) is 8.05. The third-order valence-electron chi connectivity index (χ3n) is 4.81. The molecule has 0 aliphatic heterocycles. The minimum absolute atomic E-state index is 0.342. The molecule has 0 unspecified atom stereocenters. The van der Waals surface area contributed by atoms with E-state index < -0.39 is 0 Å². The molecule has 0 aliphatic rings. The summed E-state index contributed by atoms with van der Waals surface area (Å²) in [7, 11) is 0. The lowest BCUT2D eigenvalue weighted by Crippen LogP contribution is -1.97. The van der Waals surface area contributed by atoms with Gasteiger partial charge in [-0.3, -0.25) is 0 Å². The standard InChI is InChI=1S/C24H34O2/c1-21-11-13-22(14-12-21)23-15-17-24(18-16-23)26-20-10-8-6-4-2-3-5-7-9-19-25/h11-18,25H,2-10,19-20H2,1H3. The van der Waals surface area contributed by atoms with Crippen LogP contribution in [0, 0.1) is 6.92 Å². The van der Waals surface area contributed by atoms with Crippen LogP contribution in [0.4, 0.5) is 0 Å². The van der Waals surface area contributed by atoms with Crippen LogP contribution >= 0.6 is 0 Å². The average molecular weight is 355 g/mol. The first kappa shape index (κ1) is 20.5. The summed E-state index contributed by atoms with van der Waals surface area (Å²) < 4.78 is 5.86. The number of aliphatic hydroxyl groups is 1. The molecule has 0 heterocycles. The van der Waals surface area contributed by atoms with Crippen LogP contribution in [0.1, 0.15) is 63.4 Å². The molecule has 0 aromatic heterocycles. The van der Waals surface area contributed by atoms with Gasteiger partial charge in [0.2, 0.25) is 0 Å². The highest BCUT2D eigenvalue weighted by atomic mass is 16.5. The van der Waals surface area contributed by atoms with Gasteiger partial charge in [-0.05, 0) is 43.0 Å². The van der Waals surface area contributed by atoms with E-state index in [0.29, 0.717) is 6.61 Å². The summed E-state index contributed by atoms with van der Waals surface area (Å²) in [6.07, 6.45) is 11.0. The van der Waals surface area contributed by atoms with E-state index in [1.165, 1.54) is 61.6 Å². The summed E-state index contributed by atoms with van der Waals surface area (Å²) in [6.45, 7) is 3.26. The van der Waals surface area contributed by atoms with E-state index in [1.54, 1.807) is 0 Å². The van der Waals surface area contributed by atoms with Crippen LogP contribution in [0.2, 0.25) is 0 Å². The van der Waals surface area contributed by atoms with Crippen molar-refractivity contribution >= 4 is 0 Å². The first-order valence-corrected chi connectivity index (χ1v) is 10.2. The number of unbranched alkanes of at least 4 members (excludes halogenated alkanes) is 8. The molecule has 0 saturated heterocycles. The van der Waals surface area contributed by atoms with Crippen LogP contribution in [0.15, 0.2) is 48.5 Å². The van der Waals surface area contributed by atoms with Crippen molar-refractivity contribution in [2.75, 3.05) is 13.2 Å². The fourth-order valence-corrected chi connectivity index (χ4v) is 3.13. The summed E-state index contributed by atoms with van der Waals surface area (Å²) in [5.74, 6) is 0.963. The maximum Gasteiger partial charge on any atom is 0.119 e. The summed E-state index contributed by atoms with van der Waals surface area (Å²) in [5.41, 5.74) is 3.77. The Kier molecular flexibility index (Phi) is 9.89. The first-order chi connectivity index (χ1) is 12.8. The monoisotopic (exact) mass is 354 g/mol. The molecule has 0 atom stereocenters. The van der Waals surface area contributed by atoms with Gasteiger partial charge in [-0.2, -0.15) is 0 Å². The molecule has 2 aromatic rings. The van der Waals surface area contributed by atoms with Gasteiger partial charge in [0.1, 0.15) is 5.75 Å².